The Morgan fingerprint density at radius 3 is 2.89 bits per heavy atom. The maximum atomic E-state index is 11.8. The van der Waals surface area contributed by atoms with Gasteiger partial charge >= 0.3 is 5.97 Å². The van der Waals surface area contributed by atoms with Crippen LogP contribution in [0.15, 0.2) is 5.38 Å². The number of thioether (sulfide) groups is 1. The van der Waals surface area contributed by atoms with Crippen LogP contribution in [0.3, 0.4) is 0 Å². The molecule has 6 nitrogen and oxygen atoms in total. The van der Waals surface area contributed by atoms with E-state index in [0.29, 0.717) is 11.7 Å². The van der Waals surface area contributed by atoms with Crippen molar-refractivity contribution in [3.8, 4) is 0 Å². The number of rotatable bonds is 3. The third-order valence-electron chi connectivity index (χ3n) is 2.36. The molecule has 1 unspecified atom stereocenters. The number of thiazole rings is 1. The highest BCUT2D eigenvalue weighted by Gasteiger charge is 2.33. The van der Waals surface area contributed by atoms with Gasteiger partial charge in [0.2, 0.25) is 5.91 Å². The number of anilines is 1. The van der Waals surface area contributed by atoms with Gasteiger partial charge in [-0.1, -0.05) is 11.8 Å². The fraction of sp³-hybridized carbons (Fsp3) is 0.400. The second-order valence-electron chi connectivity index (χ2n) is 3.76. The van der Waals surface area contributed by atoms with E-state index < -0.39 is 5.97 Å². The van der Waals surface area contributed by atoms with Crippen LogP contribution >= 0.6 is 23.1 Å². The first kappa shape index (κ1) is 13.0. The predicted octanol–water partition coefficient (Wildman–Crippen LogP) is 1.23. The Morgan fingerprint density at radius 2 is 2.33 bits per heavy atom. The molecule has 0 saturated carbocycles. The maximum Gasteiger partial charge on any atom is 0.355 e. The van der Waals surface area contributed by atoms with Gasteiger partial charge in [-0.05, 0) is 0 Å². The third kappa shape index (κ3) is 2.70. The molecule has 1 aromatic rings. The normalized spacial score (nSPS) is 19.3. The largest absolute Gasteiger partial charge is 0.476 e. The predicted molar refractivity (Wildman–Crippen MR) is 68.1 cm³/mol. The highest BCUT2D eigenvalue weighted by Crippen LogP contribution is 2.30. The maximum absolute atomic E-state index is 11.8. The quantitative estimate of drug-likeness (QED) is 0.899. The molecule has 1 N–H and O–H groups in total. The molecule has 0 aromatic carbocycles. The number of carbonyl (C=O) groups is 3. The van der Waals surface area contributed by atoms with E-state index >= 15 is 0 Å². The van der Waals surface area contributed by atoms with Gasteiger partial charge < -0.3 is 5.11 Å². The first-order chi connectivity index (χ1) is 8.47. The van der Waals surface area contributed by atoms with Gasteiger partial charge in [0.15, 0.2) is 15.9 Å². The number of amides is 1. The van der Waals surface area contributed by atoms with Gasteiger partial charge in [-0.3, -0.25) is 14.5 Å². The van der Waals surface area contributed by atoms with Gasteiger partial charge in [-0.15, -0.1) is 11.3 Å². The van der Waals surface area contributed by atoms with Crippen molar-refractivity contribution in [2.45, 2.75) is 18.6 Å². The first-order valence-corrected chi connectivity index (χ1v) is 6.89. The van der Waals surface area contributed by atoms with Crippen LogP contribution < -0.4 is 4.90 Å². The minimum Gasteiger partial charge on any atom is -0.476 e. The van der Waals surface area contributed by atoms with Crippen LogP contribution in [-0.4, -0.2) is 38.9 Å². The summed E-state index contributed by atoms with van der Waals surface area (Å²) in [6, 6.07) is 0. The summed E-state index contributed by atoms with van der Waals surface area (Å²) in [7, 11) is 0. The lowest BCUT2D eigenvalue weighted by atomic mass is 10.4. The highest BCUT2D eigenvalue weighted by molar-refractivity contribution is 8.14. The number of aromatic nitrogens is 1. The summed E-state index contributed by atoms with van der Waals surface area (Å²) >= 11 is 2.26. The lowest BCUT2D eigenvalue weighted by molar-refractivity contribution is -0.117. The molecule has 1 amide bonds. The standard InChI is InChI=1S/C10H10N2O4S2/c1-5(13)18-6-2-8(14)12(3-6)10-11-7(4-17-10)9(15)16/h4,6H,2-3H2,1H3,(H,15,16). The highest BCUT2D eigenvalue weighted by atomic mass is 32.2. The smallest absolute Gasteiger partial charge is 0.355 e. The van der Waals surface area contributed by atoms with Gasteiger partial charge in [0.1, 0.15) is 0 Å². The number of carbonyl (C=O) groups excluding carboxylic acids is 2. The van der Waals surface area contributed by atoms with Gasteiger partial charge in [0.25, 0.3) is 0 Å². The molecule has 96 valence electrons. The zero-order valence-electron chi connectivity index (χ0n) is 9.45. The van der Waals surface area contributed by atoms with E-state index in [1.54, 1.807) is 0 Å². The van der Waals surface area contributed by atoms with Crippen molar-refractivity contribution in [3.05, 3.63) is 11.1 Å². The molecular weight excluding hydrogens is 276 g/mol. The molecule has 1 saturated heterocycles. The molecule has 0 aliphatic carbocycles. The van der Waals surface area contributed by atoms with E-state index in [-0.39, 0.29) is 28.4 Å². The number of nitrogens with zero attached hydrogens (tertiary/aromatic N) is 2. The second kappa shape index (κ2) is 5.07. The minimum absolute atomic E-state index is 0.0278. The summed E-state index contributed by atoms with van der Waals surface area (Å²) in [6.45, 7) is 1.86. The molecule has 0 spiro atoms. The van der Waals surface area contributed by atoms with E-state index in [0.717, 1.165) is 23.1 Å². The SMILES string of the molecule is CC(=O)SC1CC(=O)N(c2nc(C(=O)O)cs2)C1. The van der Waals surface area contributed by atoms with Crippen LogP contribution in [-0.2, 0) is 9.59 Å². The van der Waals surface area contributed by atoms with Gasteiger partial charge in [0, 0.05) is 30.5 Å². The van der Waals surface area contributed by atoms with Crippen molar-refractivity contribution < 1.29 is 19.5 Å². The Hall–Kier alpha value is -1.41. The van der Waals surface area contributed by atoms with Gasteiger partial charge in [0.05, 0.1) is 0 Å². The van der Waals surface area contributed by atoms with Crippen molar-refractivity contribution in [1.82, 2.24) is 4.98 Å². The Labute approximate surface area is 111 Å². The molecular formula is C10H10N2O4S2. The summed E-state index contributed by atoms with van der Waals surface area (Å²) in [4.78, 5) is 38.8. The Balaban J connectivity index is 2.11. The Kier molecular flexibility index (Phi) is 3.67. The van der Waals surface area contributed by atoms with E-state index in [4.69, 9.17) is 5.11 Å². The average Bonchev–Trinajstić information content (AvgIpc) is 2.83. The first-order valence-electron chi connectivity index (χ1n) is 5.14. The zero-order chi connectivity index (χ0) is 13.3. The number of hydrogen-bond acceptors (Lipinski definition) is 6. The Morgan fingerprint density at radius 1 is 1.61 bits per heavy atom. The molecule has 2 heterocycles. The minimum atomic E-state index is -1.11. The number of aromatic carboxylic acids is 1. The molecule has 18 heavy (non-hydrogen) atoms. The molecule has 1 aliphatic rings. The second-order valence-corrected chi connectivity index (χ2v) is 6.07. The Bertz CT molecular complexity index is 514. The monoisotopic (exact) mass is 286 g/mol. The van der Waals surface area contributed by atoms with Crippen molar-refractivity contribution in [1.29, 1.82) is 0 Å². The average molecular weight is 286 g/mol. The van der Waals surface area contributed by atoms with Crippen LogP contribution in [0.2, 0.25) is 0 Å². The van der Waals surface area contributed by atoms with Crippen molar-refractivity contribution in [2.24, 2.45) is 0 Å². The van der Waals surface area contributed by atoms with E-state index in [2.05, 4.69) is 4.98 Å². The van der Waals surface area contributed by atoms with E-state index in [9.17, 15) is 14.4 Å². The van der Waals surface area contributed by atoms with Crippen LogP contribution in [0, 0.1) is 0 Å². The summed E-state index contributed by atoms with van der Waals surface area (Å²) in [6.07, 6.45) is 0.284. The number of carboxylic acid groups (broad SMARTS) is 1. The van der Waals surface area contributed by atoms with Crippen molar-refractivity contribution in [3.63, 3.8) is 0 Å². The van der Waals surface area contributed by atoms with E-state index in [1.807, 2.05) is 0 Å². The van der Waals surface area contributed by atoms with Crippen LogP contribution in [0.4, 0.5) is 5.13 Å². The van der Waals surface area contributed by atoms with Crippen LogP contribution in [0.1, 0.15) is 23.8 Å². The molecule has 1 aliphatic heterocycles. The van der Waals surface area contributed by atoms with Gasteiger partial charge in [-0.2, -0.15) is 0 Å². The fourth-order valence-corrected chi connectivity index (χ4v) is 3.40. The number of hydrogen-bond donors (Lipinski definition) is 1. The summed E-state index contributed by atoms with van der Waals surface area (Å²) < 4.78 is 0. The lowest BCUT2D eigenvalue weighted by Gasteiger charge is -2.11. The molecule has 0 bridgehead atoms. The molecule has 1 atom stereocenters. The van der Waals surface area contributed by atoms with Crippen LogP contribution in [0.5, 0.6) is 0 Å². The number of carboxylic acids is 1. The molecule has 1 aromatic heterocycles. The lowest BCUT2D eigenvalue weighted by Crippen LogP contribution is -2.24. The van der Waals surface area contributed by atoms with Crippen molar-refractivity contribution >= 4 is 45.2 Å². The third-order valence-corrected chi connectivity index (χ3v) is 4.21. The van der Waals surface area contributed by atoms with Crippen molar-refractivity contribution in [2.75, 3.05) is 11.4 Å². The summed E-state index contributed by atoms with van der Waals surface area (Å²) in [5.41, 5.74) is -0.0644. The molecule has 2 rings (SSSR count). The van der Waals surface area contributed by atoms with E-state index in [1.165, 1.54) is 17.2 Å². The topological polar surface area (TPSA) is 87.6 Å². The summed E-state index contributed by atoms with van der Waals surface area (Å²) in [5.74, 6) is -1.24. The zero-order valence-corrected chi connectivity index (χ0v) is 11.1. The van der Waals surface area contributed by atoms with Crippen LogP contribution in [0.25, 0.3) is 0 Å². The van der Waals surface area contributed by atoms with Gasteiger partial charge in [-0.25, -0.2) is 9.78 Å². The molecule has 0 radical (unpaired) electrons. The molecule has 1 fully saturated rings. The molecule has 8 heteroatoms. The fourth-order valence-electron chi connectivity index (χ4n) is 1.66. The summed E-state index contributed by atoms with van der Waals surface area (Å²) in [5, 5.41) is 10.4.